The summed E-state index contributed by atoms with van der Waals surface area (Å²) in [7, 11) is 0. The minimum absolute atomic E-state index is 0.0758. The van der Waals surface area contributed by atoms with E-state index in [1.54, 1.807) is 6.07 Å². The minimum Gasteiger partial charge on any atom is -0.373 e. The van der Waals surface area contributed by atoms with Crippen molar-refractivity contribution in [3.63, 3.8) is 0 Å². The number of nitrogens with zero attached hydrogens (tertiary/aromatic N) is 2. The van der Waals surface area contributed by atoms with Crippen molar-refractivity contribution in [3.8, 4) is 0 Å². The van der Waals surface area contributed by atoms with Gasteiger partial charge in [-0.3, -0.25) is 4.79 Å². The van der Waals surface area contributed by atoms with Crippen LogP contribution in [-0.2, 0) is 4.79 Å². The van der Waals surface area contributed by atoms with Crippen LogP contribution in [0.2, 0.25) is 5.02 Å². The number of carbonyl (C=O) groups excluding carboxylic acids is 1. The second-order valence-electron chi connectivity index (χ2n) is 5.19. The smallest absolute Gasteiger partial charge is 0.239 e. The monoisotopic (exact) mass is 312 g/mol. The van der Waals surface area contributed by atoms with Crippen molar-refractivity contribution in [2.75, 3.05) is 11.9 Å². The number of benzene rings is 1. The minimum atomic E-state index is -0.212. The van der Waals surface area contributed by atoms with Crippen LogP contribution in [0.1, 0.15) is 27.2 Å². The van der Waals surface area contributed by atoms with Gasteiger partial charge in [0.1, 0.15) is 11.0 Å². The van der Waals surface area contributed by atoms with Crippen LogP contribution in [0.25, 0.3) is 11.0 Å². The molecule has 0 spiro atoms. The van der Waals surface area contributed by atoms with Gasteiger partial charge in [0.25, 0.3) is 0 Å². The van der Waals surface area contributed by atoms with Crippen molar-refractivity contribution in [2.24, 2.45) is 0 Å². The first kappa shape index (κ1) is 15.0. The van der Waals surface area contributed by atoms with Crippen LogP contribution in [0.15, 0.2) is 12.1 Å². The summed E-state index contributed by atoms with van der Waals surface area (Å²) in [6, 6.07) is 3.56. The molecule has 0 atom stereocenters. The number of carbonyl (C=O) groups is 1. The van der Waals surface area contributed by atoms with E-state index in [9.17, 15) is 4.79 Å². The molecule has 20 heavy (non-hydrogen) atoms. The summed E-state index contributed by atoms with van der Waals surface area (Å²) in [5, 5.41) is 6.54. The Bertz CT molecular complexity index is 626. The zero-order valence-electron chi connectivity index (χ0n) is 11.7. The third-order valence-electron chi connectivity index (χ3n) is 3.16. The molecular formula is C13H17ClN4OS. The van der Waals surface area contributed by atoms with Crippen molar-refractivity contribution >= 4 is 46.0 Å². The first-order valence-electron chi connectivity index (χ1n) is 6.38. The van der Waals surface area contributed by atoms with E-state index in [0.29, 0.717) is 16.2 Å². The molecule has 108 valence electrons. The number of amides is 1. The molecule has 0 aliphatic rings. The summed E-state index contributed by atoms with van der Waals surface area (Å²) in [6.07, 6.45) is 0.866. The maximum Gasteiger partial charge on any atom is 0.239 e. The van der Waals surface area contributed by atoms with Crippen molar-refractivity contribution in [1.29, 1.82) is 0 Å². The number of hydrogen-bond acceptors (Lipinski definition) is 5. The van der Waals surface area contributed by atoms with E-state index in [-0.39, 0.29) is 18.0 Å². The van der Waals surface area contributed by atoms with Crippen molar-refractivity contribution in [2.45, 2.75) is 32.7 Å². The summed E-state index contributed by atoms with van der Waals surface area (Å²) in [5.41, 5.74) is 1.92. The summed E-state index contributed by atoms with van der Waals surface area (Å²) in [6.45, 7) is 6.16. The number of halogens is 1. The van der Waals surface area contributed by atoms with Gasteiger partial charge < -0.3 is 10.6 Å². The normalized spacial score (nSPS) is 11.6. The number of rotatable bonds is 5. The quantitative estimate of drug-likeness (QED) is 0.890. The first-order valence-corrected chi connectivity index (χ1v) is 7.49. The van der Waals surface area contributed by atoms with Gasteiger partial charge in [0.2, 0.25) is 5.91 Å². The second kappa shape index (κ2) is 5.93. The van der Waals surface area contributed by atoms with E-state index in [1.165, 1.54) is 0 Å². The topological polar surface area (TPSA) is 66.9 Å². The molecule has 1 amide bonds. The molecule has 1 heterocycles. The van der Waals surface area contributed by atoms with Gasteiger partial charge in [-0.05, 0) is 32.4 Å². The van der Waals surface area contributed by atoms with Crippen LogP contribution in [0.4, 0.5) is 5.69 Å². The number of aromatic nitrogens is 2. The summed E-state index contributed by atoms with van der Waals surface area (Å²) < 4.78 is 8.35. The Morgan fingerprint density at radius 1 is 1.40 bits per heavy atom. The first-order chi connectivity index (χ1) is 9.43. The van der Waals surface area contributed by atoms with Crippen LogP contribution in [0.3, 0.4) is 0 Å². The highest BCUT2D eigenvalue weighted by Crippen LogP contribution is 2.29. The molecule has 1 aromatic carbocycles. The molecular weight excluding hydrogens is 296 g/mol. The van der Waals surface area contributed by atoms with E-state index in [1.807, 2.05) is 26.8 Å². The third-order valence-corrected chi connectivity index (χ3v) is 4.02. The van der Waals surface area contributed by atoms with Gasteiger partial charge in [0.05, 0.1) is 29.0 Å². The Hall–Kier alpha value is -1.40. The predicted molar refractivity (Wildman–Crippen MR) is 83.4 cm³/mol. The zero-order valence-corrected chi connectivity index (χ0v) is 13.2. The lowest BCUT2D eigenvalue weighted by molar-refractivity contribution is -0.121. The maximum atomic E-state index is 11.9. The molecule has 0 unspecified atom stereocenters. The molecule has 2 rings (SSSR count). The molecule has 0 aliphatic heterocycles. The van der Waals surface area contributed by atoms with E-state index >= 15 is 0 Å². The summed E-state index contributed by atoms with van der Waals surface area (Å²) in [4.78, 5) is 11.9. The Morgan fingerprint density at radius 2 is 2.15 bits per heavy atom. The van der Waals surface area contributed by atoms with Crippen LogP contribution in [-0.4, -0.2) is 26.7 Å². The molecule has 2 N–H and O–H groups in total. The lowest BCUT2D eigenvalue weighted by atomic mass is 10.0. The number of hydrogen-bond donors (Lipinski definition) is 2. The third kappa shape index (κ3) is 3.37. The molecule has 1 aromatic heterocycles. The molecule has 5 nitrogen and oxygen atoms in total. The van der Waals surface area contributed by atoms with Crippen LogP contribution in [0, 0.1) is 0 Å². The standard InChI is InChI=1S/C13H17ClN4OS/c1-4-13(2,3)16-10(19)7-15-11-8(14)5-6-9-12(11)18-20-17-9/h5-6,15H,4,7H2,1-3H3,(H,16,19). The summed E-state index contributed by atoms with van der Waals surface area (Å²) in [5.74, 6) is -0.0758. The highest BCUT2D eigenvalue weighted by Gasteiger charge is 2.18. The molecule has 0 bridgehead atoms. The van der Waals surface area contributed by atoms with E-state index in [0.717, 1.165) is 23.7 Å². The highest BCUT2D eigenvalue weighted by atomic mass is 35.5. The van der Waals surface area contributed by atoms with E-state index < -0.39 is 0 Å². The van der Waals surface area contributed by atoms with Crippen molar-refractivity contribution in [1.82, 2.24) is 14.1 Å². The van der Waals surface area contributed by atoms with E-state index in [2.05, 4.69) is 19.4 Å². The van der Waals surface area contributed by atoms with Crippen LogP contribution in [0.5, 0.6) is 0 Å². The Morgan fingerprint density at radius 3 is 2.85 bits per heavy atom. The number of anilines is 1. The molecule has 0 saturated carbocycles. The maximum absolute atomic E-state index is 11.9. The largest absolute Gasteiger partial charge is 0.373 e. The lowest BCUT2D eigenvalue weighted by Gasteiger charge is -2.24. The molecule has 0 saturated heterocycles. The molecule has 0 fully saturated rings. The fourth-order valence-corrected chi connectivity index (χ4v) is 2.44. The predicted octanol–water partition coefficient (Wildman–Crippen LogP) is 3.06. The zero-order chi connectivity index (χ0) is 14.8. The van der Waals surface area contributed by atoms with Gasteiger partial charge in [-0.15, -0.1) is 0 Å². The summed E-state index contributed by atoms with van der Waals surface area (Å²) >= 11 is 7.27. The Balaban J connectivity index is 2.08. The van der Waals surface area contributed by atoms with Gasteiger partial charge in [-0.25, -0.2) is 0 Å². The van der Waals surface area contributed by atoms with Crippen LogP contribution >= 0.6 is 23.3 Å². The number of fused-ring (bicyclic) bond motifs is 1. The van der Waals surface area contributed by atoms with Gasteiger partial charge in [0.15, 0.2) is 0 Å². The highest BCUT2D eigenvalue weighted by molar-refractivity contribution is 7.00. The molecule has 2 aromatic rings. The fourth-order valence-electron chi connectivity index (χ4n) is 1.67. The van der Waals surface area contributed by atoms with Gasteiger partial charge in [0, 0.05) is 5.54 Å². The molecule has 7 heteroatoms. The molecule has 0 aliphatic carbocycles. The average molecular weight is 313 g/mol. The van der Waals surface area contributed by atoms with Gasteiger partial charge >= 0.3 is 0 Å². The van der Waals surface area contributed by atoms with Gasteiger partial charge in [-0.2, -0.15) is 8.75 Å². The van der Waals surface area contributed by atoms with Crippen molar-refractivity contribution in [3.05, 3.63) is 17.2 Å². The van der Waals surface area contributed by atoms with Crippen LogP contribution < -0.4 is 10.6 Å². The second-order valence-corrected chi connectivity index (χ2v) is 6.13. The Kier molecular flexibility index (Phi) is 4.45. The van der Waals surface area contributed by atoms with Crippen molar-refractivity contribution < 1.29 is 4.79 Å². The van der Waals surface area contributed by atoms with E-state index in [4.69, 9.17) is 11.6 Å². The SMILES string of the molecule is CCC(C)(C)NC(=O)CNc1c(Cl)ccc2nsnc12. The van der Waals surface area contributed by atoms with Gasteiger partial charge in [-0.1, -0.05) is 18.5 Å². The fraction of sp³-hybridized carbons (Fsp3) is 0.462. The average Bonchev–Trinajstić information content (AvgIpc) is 2.85. The number of nitrogens with one attached hydrogen (secondary N) is 2. The Labute approximate surface area is 127 Å². The molecule has 0 radical (unpaired) electrons. The lowest BCUT2D eigenvalue weighted by Crippen LogP contribution is -2.45.